The lowest BCUT2D eigenvalue weighted by Crippen LogP contribution is -2.59. The molecule has 0 bridgehead atoms. The summed E-state index contributed by atoms with van der Waals surface area (Å²) in [5.41, 5.74) is -5.42. The predicted molar refractivity (Wildman–Crippen MR) is 49.0 cm³/mol. The van der Waals surface area contributed by atoms with Gasteiger partial charge in [-0.1, -0.05) is 30.3 Å². The molecule has 0 spiro atoms. The highest BCUT2D eigenvalue weighted by molar-refractivity contribution is 5.80. The molecular weight excluding hydrogens is 263 g/mol. The van der Waals surface area contributed by atoms with Crippen LogP contribution in [0.15, 0.2) is 30.3 Å². The van der Waals surface area contributed by atoms with Crippen LogP contribution in [0.4, 0.5) is 22.0 Å². The lowest BCUT2D eigenvalue weighted by Gasteiger charge is -2.33. The van der Waals surface area contributed by atoms with E-state index in [0.29, 0.717) is 12.1 Å². The van der Waals surface area contributed by atoms with Gasteiger partial charge in [0.1, 0.15) is 0 Å². The fraction of sp³-hybridized carbons (Fsp3) is 0.300. The van der Waals surface area contributed by atoms with E-state index < -0.39 is 29.2 Å². The number of hydrogen-bond acceptors (Lipinski definition) is 2. The van der Waals surface area contributed by atoms with Crippen LogP contribution in [-0.4, -0.2) is 28.3 Å². The van der Waals surface area contributed by atoms with Crippen LogP contribution < -0.4 is 0 Å². The van der Waals surface area contributed by atoms with Gasteiger partial charge in [-0.05, 0) is 0 Å². The molecule has 3 nitrogen and oxygen atoms in total. The Bertz CT molecular complexity index is 443. The molecule has 1 rings (SSSR count). The second kappa shape index (κ2) is 4.20. The summed E-state index contributed by atoms with van der Waals surface area (Å²) >= 11 is 0. The lowest BCUT2D eigenvalue weighted by atomic mass is 9.87. The summed E-state index contributed by atoms with van der Waals surface area (Å²) in [6.07, 6.45) is -6.20. The van der Waals surface area contributed by atoms with Gasteiger partial charge >= 0.3 is 18.1 Å². The highest BCUT2D eigenvalue weighted by Crippen LogP contribution is 2.48. The molecule has 1 aromatic rings. The van der Waals surface area contributed by atoms with Crippen molar-refractivity contribution in [1.82, 2.24) is 0 Å². The molecule has 8 heteroatoms. The van der Waals surface area contributed by atoms with Gasteiger partial charge in [0.15, 0.2) is 0 Å². The third-order valence-electron chi connectivity index (χ3n) is 2.31. The molecule has 0 aromatic heterocycles. The first kappa shape index (κ1) is 14.4. The molecule has 18 heavy (non-hydrogen) atoms. The quantitative estimate of drug-likeness (QED) is 0.827. The van der Waals surface area contributed by atoms with Gasteiger partial charge in [0.2, 0.25) is 0 Å². The van der Waals surface area contributed by atoms with Crippen molar-refractivity contribution in [2.24, 2.45) is 0 Å². The molecule has 0 amide bonds. The number of alkyl halides is 5. The van der Waals surface area contributed by atoms with Gasteiger partial charge in [0.05, 0.1) is 0 Å². The zero-order chi connectivity index (χ0) is 14.2. The first-order valence-corrected chi connectivity index (χ1v) is 4.51. The Labute approximate surface area is 97.5 Å². The normalized spacial score (nSPS) is 16.1. The minimum atomic E-state index is -6.20. The summed E-state index contributed by atoms with van der Waals surface area (Å²) < 4.78 is 62.9. The molecular formula is C10H7F5O3. The Morgan fingerprint density at radius 1 is 1.00 bits per heavy atom. The van der Waals surface area contributed by atoms with E-state index >= 15 is 0 Å². The van der Waals surface area contributed by atoms with E-state index in [4.69, 9.17) is 5.11 Å². The smallest absolute Gasteiger partial charge is 0.457 e. The highest BCUT2D eigenvalue weighted by atomic mass is 19.4. The lowest BCUT2D eigenvalue weighted by molar-refractivity contribution is -0.340. The van der Waals surface area contributed by atoms with Crippen LogP contribution in [0.25, 0.3) is 0 Å². The summed E-state index contributed by atoms with van der Waals surface area (Å²) in [6.45, 7) is 0. The minimum Gasteiger partial charge on any atom is -0.479 e. The van der Waals surface area contributed by atoms with Crippen LogP contribution in [0.3, 0.4) is 0 Å². The zero-order valence-electron chi connectivity index (χ0n) is 8.58. The number of benzene rings is 1. The molecule has 0 saturated carbocycles. The molecule has 0 saturated heterocycles. The van der Waals surface area contributed by atoms with E-state index in [9.17, 15) is 31.9 Å². The Hall–Kier alpha value is -1.70. The van der Waals surface area contributed by atoms with Gasteiger partial charge in [0.25, 0.3) is 5.60 Å². The van der Waals surface area contributed by atoms with Crippen molar-refractivity contribution in [2.75, 3.05) is 0 Å². The SMILES string of the molecule is O=C(O)[C@@](O)(c1ccccc1)C(F)(F)C(F)(F)F. The number of halogens is 5. The maximum absolute atomic E-state index is 13.2. The Kier molecular flexibility index (Phi) is 3.35. The number of aliphatic hydroxyl groups is 1. The Balaban J connectivity index is 3.48. The van der Waals surface area contributed by atoms with Crippen LogP contribution in [0, 0.1) is 0 Å². The predicted octanol–water partition coefficient (Wildman–Crippen LogP) is 2.16. The molecule has 0 fully saturated rings. The van der Waals surface area contributed by atoms with Crippen molar-refractivity contribution < 1.29 is 37.0 Å². The largest absolute Gasteiger partial charge is 0.479 e. The van der Waals surface area contributed by atoms with E-state index in [1.807, 2.05) is 0 Å². The molecule has 2 N–H and O–H groups in total. The van der Waals surface area contributed by atoms with Crippen LogP contribution in [0.1, 0.15) is 5.56 Å². The van der Waals surface area contributed by atoms with E-state index in [1.165, 1.54) is 6.07 Å². The summed E-state index contributed by atoms with van der Waals surface area (Å²) in [7, 11) is 0. The number of rotatable bonds is 3. The third kappa shape index (κ3) is 1.92. The summed E-state index contributed by atoms with van der Waals surface area (Å²) in [6, 6.07) is 4.70. The van der Waals surface area contributed by atoms with Crippen LogP contribution in [-0.2, 0) is 10.4 Å². The molecule has 0 unspecified atom stereocenters. The van der Waals surface area contributed by atoms with E-state index in [1.54, 1.807) is 0 Å². The molecule has 100 valence electrons. The fourth-order valence-corrected chi connectivity index (χ4v) is 1.32. The maximum atomic E-state index is 13.2. The van der Waals surface area contributed by atoms with Crippen LogP contribution >= 0.6 is 0 Å². The summed E-state index contributed by atoms with van der Waals surface area (Å²) in [4.78, 5) is 10.7. The summed E-state index contributed by atoms with van der Waals surface area (Å²) in [5.74, 6) is -8.51. The van der Waals surface area contributed by atoms with Crippen molar-refractivity contribution in [2.45, 2.75) is 17.7 Å². The Morgan fingerprint density at radius 2 is 1.44 bits per heavy atom. The fourth-order valence-electron chi connectivity index (χ4n) is 1.32. The van der Waals surface area contributed by atoms with Crippen molar-refractivity contribution in [3.63, 3.8) is 0 Å². The van der Waals surface area contributed by atoms with Gasteiger partial charge in [-0.3, -0.25) is 0 Å². The molecule has 1 atom stereocenters. The summed E-state index contributed by atoms with van der Waals surface area (Å²) in [5, 5.41) is 17.9. The van der Waals surface area contributed by atoms with E-state index in [2.05, 4.69) is 0 Å². The topological polar surface area (TPSA) is 57.5 Å². The monoisotopic (exact) mass is 270 g/mol. The van der Waals surface area contributed by atoms with Gasteiger partial charge in [-0.15, -0.1) is 0 Å². The van der Waals surface area contributed by atoms with Gasteiger partial charge < -0.3 is 10.2 Å². The van der Waals surface area contributed by atoms with Gasteiger partial charge in [0, 0.05) is 5.56 Å². The number of carboxylic acid groups (broad SMARTS) is 1. The number of carboxylic acids is 1. The zero-order valence-corrected chi connectivity index (χ0v) is 8.58. The van der Waals surface area contributed by atoms with Gasteiger partial charge in [-0.2, -0.15) is 22.0 Å². The molecule has 0 aliphatic heterocycles. The first-order valence-electron chi connectivity index (χ1n) is 4.51. The molecule has 0 radical (unpaired) electrons. The van der Waals surface area contributed by atoms with Crippen molar-refractivity contribution in [3.05, 3.63) is 35.9 Å². The van der Waals surface area contributed by atoms with Gasteiger partial charge in [-0.25, -0.2) is 4.79 Å². The Morgan fingerprint density at radius 3 is 1.78 bits per heavy atom. The van der Waals surface area contributed by atoms with Crippen molar-refractivity contribution in [3.8, 4) is 0 Å². The molecule has 1 aromatic carbocycles. The van der Waals surface area contributed by atoms with Crippen molar-refractivity contribution in [1.29, 1.82) is 0 Å². The molecule has 0 heterocycles. The molecule has 0 aliphatic rings. The standard InChI is InChI=1S/C10H7F5O3/c11-9(12,10(13,14)15)8(18,7(16)17)6-4-2-1-3-5-6/h1-5,18H,(H,16,17)/t8-/m0/s1. The second-order valence-electron chi connectivity index (χ2n) is 3.45. The minimum absolute atomic E-state index is 0.674. The number of aliphatic carboxylic acids is 1. The average Bonchev–Trinajstić information content (AvgIpc) is 2.27. The third-order valence-corrected chi connectivity index (χ3v) is 2.31. The van der Waals surface area contributed by atoms with E-state index in [0.717, 1.165) is 12.1 Å². The first-order chi connectivity index (χ1) is 8.05. The van der Waals surface area contributed by atoms with Crippen LogP contribution in [0.2, 0.25) is 0 Å². The average molecular weight is 270 g/mol. The number of carbonyl (C=O) groups is 1. The maximum Gasteiger partial charge on any atom is 0.457 e. The van der Waals surface area contributed by atoms with Crippen molar-refractivity contribution >= 4 is 5.97 Å². The number of hydrogen-bond donors (Lipinski definition) is 2. The van der Waals surface area contributed by atoms with Crippen LogP contribution in [0.5, 0.6) is 0 Å². The highest BCUT2D eigenvalue weighted by Gasteiger charge is 2.74. The molecule has 0 aliphatic carbocycles. The second-order valence-corrected chi connectivity index (χ2v) is 3.45. The van der Waals surface area contributed by atoms with E-state index in [-0.39, 0.29) is 0 Å².